The summed E-state index contributed by atoms with van der Waals surface area (Å²) in [7, 11) is -8.47. The lowest BCUT2D eigenvalue weighted by molar-refractivity contribution is -0.702. The highest BCUT2D eigenvalue weighted by Gasteiger charge is 2.41. The number of hydrogen-bond acceptors (Lipinski definition) is 11. The largest absolute Gasteiger partial charge is 0.542 e. The van der Waals surface area contributed by atoms with Crippen molar-refractivity contribution in [2.24, 2.45) is 5.14 Å². The number of primary sulfonamides is 1. The Bertz CT molecular complexity index is 1720. The van der Waals surface area contributed by atoms with Gasteiger partial charge < -0.3 is 19.6 Å². The van der Waals surface area contributed by atoms with Crippen LogP contribution in [0.15, 0.2) is 50.9 Å². The summed E-state index contributed by atoms with van der Waals surface area (Å²) in [6, 6.07) is 6.07. The molecule has 0 aliphatic carbocycles. The fraction of sp³-hybridized carbons (Fsp3) is 0.211. The molecule has 14 nitrogen and oxygen atoms in total. The van der Waals surface area contributed by atoms with Crippen LogP contribution in [0.5, 0.6) is 0 Å². The maximum Gasteiger partial charge on any atom is 0.430 e. The van der Waals surface area contributed by atoms with Gasteiger partial charge in [-0.15, -0.1) is 10.2 Å². The maximum atomic E-state index is 13.2. The fourth-order valence-electron chi connectivity index (χ4n) is 3.53. The molecule has 202 valence electrons. The van der Waals surface area contributed by atoms with Crippen LogP contribution < -0.4 is 15.6 Å². The van der Waals surface area contributed by atoms with E-state index in [-0.39, 0.29) is 16.3 Å². The first-order valence-electron chi connectivity index (χ1n) is 10.3. The third-order valence-corrected chi connectivity index (χ3v) is 8.76. The van der Waals surface area contributed by atoms with Gasteiger partial charge in [-0.2, -0.15) is 18.4 Å². The molecular weight excluding hydrogens is 559 g/mol. The number of rotatable bonds is 5. The van der Waals surface area contributed by atoms with Crippen LogP contribution in [-0.2, 0) is 24.7 Å². The molecule has 5 rings (SSSR count). The minimum Gasteiger partial charge on any atom is -0.542 e. The summed E-state index contributed by atoms with van der Waals surface area (Å²) in [4.78, 5) is 12.1. The van der Waals surface area contributed by atoms with Crippen LogP contribution >= 0.6 is 0 Å². The van der Waals surface area contributed by atoms with Crippen molar-refractivity contribution < 1.29 is 49.6 Å². The van der Waals surface area contributed by atoms with E-state index in [2.05, 4.69) is 25.6 Å². The van der Waals surface area contributed by atoms with Crippen LogP contribution in [0.25, 0.3) is 33.6 Å². The van der Waals surface area contributed by atoms with E-state index in [1.807, 2.05) is 5.32 Å². The molecule has 0 amide bonds. The van der Waals surface area contributed by atoms with E-state index in [9.17, 15) is 30.0 Å². The molecule has 4 aromatic rings. The van der Waals surface area contributed by atoms with Crippen molar-refractivity contribution in [3.8, 4) is 22.5 Å². The number of sulfone groups is 1. The van der Waals surface area contributed by atoms with E-state index in [1.165, 1.54) is 24.6 Å². The van der Waals surface area contributed by atoms with Gasteiger partial charge in [0.05, 0.1) is 29.8 Å². The summed E-state index contributed by atoms with van der Waals surface area (Å²) in [6.45, 7) is 0.676. The van der Waals surface area contributed by atoms with Gasteiger partial charge in [0, 0.05) is 17.8 Å². The molecule has 38 heavy (non-hydrogen) atoms. The number of tetrazole rings is 1. The zero-order chi connectivity index (χ0) is 27.9. The summed E-state index contributed by atoms with van der Waals surface area (Å²) in [6.07, 6.45) is -2.21. The van der Waals surface area contributed by atoms with E-state index in [0.29, 0.717) is 35.3 Å². The highest BCUT2D eigenvalue weighted by molar-refractivity contribution is 7.94. The van der Waals surface area contributed by atoms with Crippen LogP contribution in [0, 0.1) is 0 Å². The number of nitrogens with one attached hydrogen (secondary N) is 1. The Morgan fingerprint density at radius 3 is 2.39 bits per heavy atom. The fourth-order valence-corrected chi connectivity index (χ4v) is 6.82. The van der Waals surface area contributed by atoms with Gasteiger partial charge in [0.15, 0.2) is 20.7 Å². The normalized spacial score (nSPS) is 14.5. The Kier molecular flexibility index (Phi) is 6.95. The van der Waals surface area contributed by atoms with E-state index in [0.717, 1.165) is 0 Å². The summed E-state index contributed by atoms with van der Waals surface area (Å²) in [5, 5.41) is 28.9. The average molecular weight is 576 g/mol. The molecule has 4 heterocycles. The van der Waals surface area contributed by atoms with Gasteiger partial charge in [0.2, 0.25) is 15.8 Å². The first-order chi connectivity index (χ1) is 17.7. The molecule has 0 atom stereocenters. The molecule has 1 aliphatic heterocycles. The molecule has 0 bridgehead atoms. The zero-order valence-corrected chi connectivity index (χ0v) is 20.3. The lowest BCUT2D eigenvalue weighted by Gasteiger charge is -2.24. The van der Waals surface area contributed by atoms with E-state index >= 15 is 0 Å². The Morgan fingerprint density at radius 2 is 1.87 bits per heavy atom. The Hall–Kier alpha value is -3.94. The van der Waals surface area contributed by atoms with E-state index in [1.54, 1.807) is 12.1 Å². The van der Waals surface area contributed by atoms with Crippen molar-refractivity contribution in [3.63, 3.8) is 0 Å². The number of benzene rings is 1. The number of pyridine rings is 1. The Morgan fingerprint density at radius 1 is 1.18 bits per heavy atom. The number of carbonyl (C=O) groups excluding carboxylic acids is 1. The molecule has 1 aromatic carbocycles. The van der Waals surface area contributed by atoms with Crippen LogP contribution in [0.4, 0.5) is 13.2 Å². The lowest BCUT2D eigenvalue weighted by atomic mass is 10.0. The molecule has 1 fully saturated rings. The van der Waals surface area contributed by atoms with Crippen LogP contribution in [-0.4, -0.2) is 72.9 Å². The number of H-pyrrole nitrogens is 1. The van der Waals surface area contributed by atoms with Crippen LogP contribution in [0.3, 0.4) is 0 Å². The van der Waals surface area contributed by atoms with Crippen LogP contribution in [0.2, 0.25) is 0 Å². The monoisotopic (exact) mass is 575 g/mol. The standard InChI is InChI=1S/C17H15N7O5S2.C2HF3O2/c18-31(27,28)16-14(30(25,26)10-7-19-8-10)2-1-11(15(16)17-21-23-24-22-17)9-5-13-12(20-6-9)3-4-29-13;3-2(4,5)1(6)7/h1-6,10,19H,7-8H2,(H2,18,27,28)(H,21,22,23,24);(H,6,7). The number of furan rings is 1. The van der Waals surface area contributed by atoms with Crippen molar-refractivity contribution >= 4 is 36.9 Å². The molecule has 0 spiro atoms. The number of hydrogen-bond donors (Lipinski definition) is 3. The molecule has 19 heteroatoms. The highest BCUT2D eigenvalue weighted by Crippen LogP contribution is 2.40. The van der Waals surface area contributed by atoms with Gasteiger partial charge in [-0.05, 0) is 22.9 Å². The Balaban J connectivity index is 0.000000426. The molecule has 0 saturated carbocycles. The number of carboxylic acids is 1. The van der Waals surface area contributed by atoms with E-state index < -0.39 is 42.2 Å². The first-order valence-corrected chi connectivity index (χ1v) is 13.4. The zero-order valence-electron chi connectivity index (χ0n) is 18.7. The maximum absolute atomic E-state index is 13.2. The number of aromatic nitrogens is 5. The number of nitrogens with zero attached hydrogens (tertiary/aromatic N) is 4. The van der Waals surface area contributed by atoms with Gasteiger partial charge in [-0.3, -0.25) is 4.98 Å². The van der Waals surface area contributed by atoms with Gasteiger partial charge >= 0.3 is 6.18 Å². The van der Waals surface area contributed by atoms with Crippen molar-refractivity contribution in [3.05, 3.63) is 36.7 Å². The molecule has 0 radical (unpaired) electrons. The summed E-state index contributed by atoms with van der Waals surface area (Å²) >= 11 is 0. The number of aromatic amines is 1. The predicted octanol–water partition coefficient (Wildman–Crippen LogP) is -1.66. The highest BCUT2D eigenvalue weighted by atomic mass is 32.2. The van der Waals surface area contributed by atoms with Gasteiger partial charge in [-0.1, -0.05) is 6.07 Å². The number of sulfonamides is 1. The molecule has 0 unspecified atom stereocenters. The lowest BCUT2D eigenvalue weighted by Crippen LogP contribution is -2.99. The van der Waals surface area contributed by atoms with Crippen molar-refractivity contribution in [2.75, 3.05) is 13.1 Å². The van der Waals surface area contributed by atoms with Crippen LogP contribution in [0.1, 0.15) is 0 Å². The average Bonchev–Trinajstić information content (AvgIpc) is 3.47. The number of aliphatic carboxylic acids is 1. The van der Waals surface area contributed by atoms with Crippen molar-refractivity contribution in [2.45, 2.75) is 21.2 Å². The molecule has 5 N–H and O–H groups in total. The smallest absolute Gasteiger partial charge is 0.430 e. The minimum atomic E-state index is -5.19. The quantitative estimate of drug-likeness (QED) is 0.244. The molecule has 1 saturated heterocycles. The SMILES string of the molecule is NS(=O)(=O)c1c(S(=O)(=O)C2C[NH2+]C2)ccc(-c2cnc3ccoc3c2)c1-c1nn[nH]n1.O=C([O-])C(F)(F)F. The van der Waals surface area contributed by atoms with Crippen molar-refractivity contribution in [1.29, 1.82) is 0 Å². The topological polar surface area (TPSA) is 232 Å². The van der Waals surface area contributed by atoms with Gasteiger partial charge in [0.25, 0.3) is 0 Å². The summed E-state index contributed by atoms with van der Waals surface area (Å²) < 4.78 is 88.6. The second-order valence-electron chi connectivity index (χ2n) is 7.84. The third-order valence-electron chi connectivity index (χ3n) is 5.42. The number of nitrogens with two attached hydrogens (primary N) is 2. The summed E-state index contributed by atoms with van der Waals surface area (Å²) in [5.41, 5.74) is 1.78. The number of quaternary nitrogens is 1. The van der Waals surface area contributed by atoms with Gasteiger partial charge in [0.1, 0.15) is 16.4 Å². The predicted molar refractivity (Wildman–Crippen MR) is 118 cm³/mol. The number of carboxylic acid groups (broad SMARTS) is 1. The third kappa shape index (κ3) is 5.21. The van der Waals surface area contributed by atoms with Gasteiger partial charge in [-0.25, -0.2) is 22.0 Å². The second kappa shape index (κ2) is 9.74. The number of fused-ring (bicyclic) bond motifs is 1. The molecular formula is C19H16F3N7O7S2. The number of alkyl halides is 3. The molecule has 3 aromatic heterocycles. The summed E-state index contributed by atoms with van der Waals surface area (Å²) in [5.74, 6) is -3.12. The number of carbonyl (C=O) groups is 1. The first kappa shape index (κ1) is 27.1. The Labute approximate surface area is 211 Å². The van der Waals surface area contributed by atoms with Crippen molar-refractivity contribution in [1.82, 2.24) is 25.6 Å². The second-order valence-corrected chi connectivity index (χ2v) is 11.5. The minimum absolute atomic E-state index is 0.0756. The number of halogens is 3. The van der Waals surface area contributed by atoms with E-state index in [4.69, 9.17) is 19.5 Å². The molecule has 1 aliphatic rings.